The predicted molar refractivity (Wildman–Crippen MR) is 84.3 cm³/mol. The molecule has 0 amide bonds. The van der Waals surface area contributed by atoms with Crippen LogP contribution in [-0.2, 0) is 16.3 Å². The highest BCUT2D eigenvalue weighted by atomic mass is 32.2. The van der Waals surface area contributed by atoms with Gasteiger partial charge in [-0.2, -0.15) is 5.26 Å². The van der Waals surface area contributed by atoms with Gasteiger partial charge < -0.3 is 4.74 Å². The predicted octanol–water partition coefficient (Wildman–Crippen LogP) is 2.99. The number of hydrogen-bond acceptors (Lipinski definition) is 4. The molecule has 2 rings (SSSR count). The molecule has 0 saturated heterocycles. The standard InChI is InChI=1S/C17H17NO3S/c1-17(13-18,12-14-6-4-3-5-7-14)22(19,20)16-10-8-15(21-2)9-11-16/h3-11H,12H2,1-2H3. The molecule has 2 aromatic carbocycles. The van der Waals surface area contributed by atoms with Gasteiger partial charge in [-0.25, -0.2) is 8.42 Å². The van der Waals surface area contributed by atoms with Crippen LogP contribution in [0.5, 0.6) is 5.75 Å². The van der Waals surface area contributed by atoms with Gasteiger partial charge >= 0.3 is 0 Å². The van der Waals surface area contributed by atoms with Crippen molar-refractivity contribution in [2.24, 2.45) is 0 Å². The second-order valence-electron chi connectivity index (χ2n) is 5.18. The van der Waals surface area contributed by atoms with Crippen molar-refractivity contribution < 1.29 is 13.2 Å². The third kappa shape index (κ3) is 2.97. The van der Waals surface area contributed by atoms with Crippen molar-refractivity contribution >= 4 is 9.84 Å². The van der Waals surface area contributed by atoms with E-state index in [2.05, 4.69) is 0 Å². The number of benzene rings is 2. The molecular weight excluding hydrogens is 298 g/mol. The summed E-state index contributed by atoms with van der Waals surface area (Å²) in [6, 6.07) is 17.2. The molecule has 0 N–H and O–H groups in total. The smallest absolute Gasteiger partial charge is 0.197 e. The Morgan fingerprint density at radius 1 is 1.09 bits per heavy atom. The van der Waals surface area contributed by atoms with Gasteiger partial charge in [0.25, 0.3) is 0 Å². The highest BCUT2D eigenvalue weighted by Crippen LogP contribution is 2.29. The lowest BCUT2D eigenvalue weighted by atomic mass is 10.0. The highest BCUT2D eigenvalue weighted by molar-refractivity contribution is 7.93. The molecule has 0 spiro atoms. The Morgan fingerprint density at radius 2 is 1.68 bits per heavy atom. The number of ether oxygens (including phenoxy) is 1. The molecule has 22 heavy (non-hydrogen) atoms. The zero-order valence-corrected chi connectivity index (χ0v) is 13.3. The normalized spacial score (nSPS) is 13.9. The zero-order valence-electron chi connectivity index (χ0n) is 12.5. The fourth-order valence-electron chi connectivity index (χ4n) is 2.19. The number of rotatable bonds is 5. The molecule has 0 aliphatic rings. The molecule has 2 aromatic rings. The van der Waals surface area contributed by atoms with Gasteiger partial charge in [-0.15, -0.1) is 0 Å². The number of hydrogen-bond donors (Lipinski definition) is 0. The molecule has 5 heteroatoms. The fourth-order valence-corrected chi connectivity index (χ4v) is 3.69. The fraction of sp³-hybridized carbons (Fsp3) is 0.235. The monoisotopic (exact) mass is 315 g/mol. The van der Waals surface area contributed by atoms with Crippen molar-refractivity contribution in [3.8, 4) is 11.8 Å². The molecular formula is C17H17NO3S. The minimum atomic E-state index is -3.79. The minimum absolute atomic E-state index is 0.119. The van der Waals surface area contributed by atoms with Crippen LogP contribution in [0.15, 0.2) is 59.5 Å². The number of nitrogens with zero attached hydrogens (tertiary/aromatic N) is 1. The Bertz CT molecular complexity index is 777. The van der Waals surface area contributed by atoms with Gasteiger partial charge in [0.05, 0.1) is 18.1 Å². The summed E-state index contributed by atoms with van der Waals surface area (Å²) in [6.45, 7) is 1.46. The van der Waals surface area contributed by atoms with Crippen LogP contribution in [0.25, 0.3) is 0 Å². The topological polar surface area (TPSA) is 67.2 Å². The molecule has 114 valence electrons. The Morgan fingerprint density at radius 3 is 2.18 bits per heavy atom. The van der Waals surface area contributed by atoms with E-state index in [9.17, 15) is 13.7 Å². The molecule has 1 atom stereocenters. The van der Waals surface area contributed by atoms with Crippen LogP contribution in [0.4, 0.5) is 0 Å². The molecule has 0 heterocycles. The van der Waals surface area contributed by atoms with E-state index in [-0.39, 0.29) is 11.3 Å². The van der Waals surface area contributed by atoms with Crippen LogP contribution in [0, 0.1) is 11.3 Å². The largest absolute Gasteiger partial charge is 0.497 e. The lowest BCUT2D eigenvalue weighted by Crippen LogP contribution is -2.36. The second kappa shape index (κ2) is 6.20. The maximum Gasteiger partial charge on any atom is 0.197 e. The van der Waals surface area contributed by atoms with E-state index >= 15 is 0 Å². The van der Waals surface area contributed by atoms with E-state index in [1.165, 1.54) is 26.2 Å². The first kappa shape index (κ1) is 16.1. The maximum absolute atomic E-state index is 12.8. The van der Waals surface area contributed by atoms with Crippen molar-refractivity contribution in [3.63, 3.8) is 0 Å². The van der Waals surface area contributed by atoms with Crippen molar-refractivity contribution in [1.82, 2.24) is 0 Å². The van der Waals surface area contributed by atoms with E-state index in [4.69, 9.17) is 4.74 Å². The van der Waals surface area contributed by atoms with Crippen molar-refractivity contribution in [2.75, 3.05) is 7.11 Å². The molecule has 0 fully saturated rings. The Labute approximate surface area is 130 Å². The van der Waals surface area contributed by atoms with Crippen LogP contribution >= 0.6 is 0 Å². The molecule has 0 aromatic heterocycles. The molecule has 0 radical (unpaired) electrons. The second-order valence-corrected chi connectivity index (χ2v) is 7.56. The average molecular weight is 315 g/mol. The van der Waals surface area contributed by atoms with E-state index < -0.39 is 14.6 Å². The van der Waals surface area contributed by atoms with E-state index in [1.807, 2.05) is 36.4 Å². The quantitative estimate of drug-likeness (QED) is 0.850. The van der Waals surface area contributed by atoms with Gasteiger partial charge in [-0.05, 0) is 36.8 Å². The van der Waals surface area contributed by atoms with Crippen molar-refractivity contribution in [1.29, 1.82) is 5.26 Å². The van der Waals surface area contributed by atoms with Crippen LogP contribution in [-0.4, -0.2) is 20.3 Å². The third-order valence-corrected chi connectivity index (χ3v) is 5.90. The summed E-state index contributed by atoms with van der Waals surface area (Å²) in [4.78, 5) is 0.119. The lowest BCUT2D eigenvalue weighted by molar-refractivity contribution is 0.414. The Balaban J connectivity index is 2.41. The Kier molecular flexibility index (Phi) is 4.53. The number of methoxy groups -OCH3 is 1. The van der Waals surface area contributed by atoms with Gasteiger partial charge in [0.2, 0.25) is 0 Å². The molecule has 0 aliphatic carbocycles. The molecule has 0 saturated carbocycles. The minimum Gasteiger partial charge on any atom is -0.497 e. The summed E-state index contributed by atoms with van der Waals surface area (Å²) < 4.78 is 29.2. The van der Waals surface area contributed by atoms with Crippen LogP contribution in [0.1, 0.15) is 12.5 Å². The summed E-state index contributed by atoms with van der Waals surface area (Å²) in [5.41, 5.74) is 0.809. The summed E-state index contributed by atoms with van der Waals surface area (Å²) >= 11 is 0. The SMILES string of the molecule is COc1ccc(S(=O)(=O)C(C)(C#N)Cc2ccccc2)cc1. The van der Waals surface area contributed by atoms with Crippen molar-refractivity contribution in [3.05, 3.63) is 60.2 Å². The van der Waals surface area contributed by atoms with E-state index in [0.29, 0.717) is 5.75 Å². The van der Waals surface area contributed by atoms with Gasteiger partial charge in [-0.3, -0.25) is 0 Å². The first-order chi connectivity index (χ1) is 10.4. The Hall–Kier alpha value is -2.32. The average Bonchev–Trinajstić information content (AvgIpc) is 2.55. The zero-order chi connectivity index (χ0) is 16.2. The summed E-state index contributed by atoms with van der Waals surface area (Å²) in [5, 5.41) is 9.49. The van der Waals surface area contributed by atoms with Gasteiger partial charge in [0, 0.05) is 6.42 Å². The summed E-state index contributed by atoms with van der Waals surface area (Å²) in [6.07, 6.45) is 0.138. The van der Waals surface area contributed by atoms with Crippen LogP contribution in [0.3, 0.4) is 0 Å². The van der Waals surface area contributed by atoms with Gasteiger partial charge in [0.1, 0.15) is 5.75 Å². The number of sulfone groups is 1. The molecule has 0 aliphatic heterocycles. The first-order valence-corrected chi connectivity index (χ1v) is 8.25. The van der Waals surface area contributed by atoms with Gasteiger partial charge in [-0.1, -0.05) is 30.3 Å². The first-order valence-electron chi connectivity index (χ1n) is 6.77. The maximum atomic E-state index is 12.8. The highest BCUT2D eigenvalue weighted by Gasteiger charge is 2.40. The van der Waals surface area contributed by atoms with Gasteiger partial charge in [0.15, 0.2) is 14.6 Å². The lowest BCUT2D eigenvalue weighted by Gasteiger charge is -2.22. The molecule has 1 unspecified atom stereocenters. The van der Waals surface area contributed by atoms with E-state index in [0.717, 1.165) is 5.56 Å². The van der Waals surface area contributed by atoms with Crippen LogP contribution in [0.2, 0.25) is 0 Å². The number of nitriles is 1. The summed E-state index contributed by atoms with van der Waals surface area (Å²) in [5.74, 6) is 0.570. The molecule has 4 nitrogen and oxygen atoms in total. The van der Waals surface area contributed by atoms with Crippen LogP contribution < -0.4 is 4.74 Å². The van der Waals surface area contributed by atoms with Crippen molar-refractivity contribution in [2.45, 2.75) is 23.0 Å². The summed E-state index contributed by atoms with van der Waals surface area (Å²) in [7, 11) is -2.28. The third-order valence-electron chi connectivity index (χ3n) is 3.58. The molecule has 0 bridgehead atoms. The van der Waals surface area contributed by atoms with E-state index in [1.54, 1.807) is 12.1 Å².